The Morgan fingerprint density at radius 2 is 2.10 bits per heavy atom. The number of Topliss-reactive ketones (excluding diaryl/α,β-unsaturated/α-hetero) is 1. The second kappa shape index (κ2) is 5.26. The molecule has 1 aliphatic rings. The van der Waals surface area contributed by atoms with Crippen molar-refractivity contribution in [2.75, 3.05) is 11.4 Å². The number of carbonyl (C=O) groups excluding carboxylic acids is 1. The van der Waals surface area contributed by atoms with E-state index in [9.17, 15) is 4.79 Å². The standard InChI is InChI=1S/C16H18ClN3O/c1-9(2)12-7-19-16(20-5-4-14(20)10(3)21)13-8-18-15(17)6-11(12)13/h6-9,14H,4-5H2,1-3H3/t14-/m0/s1. The summed E-state index contributed by atoms with van der Waals surface area (Å²) in [6, 6.07) is 1.83. The summed E-state index contributed by atoms with van der Waals surface area (Å²) in [5.74, 6) is 1.38. The molecule has 21 heavy (non-hydrogen) atoms. The van der Waals surface area contributed by atoms with Crippen LogP contribution in [0, 0.1) is 0 Å². The minimum absolute atomic E-state index is 0.0544. The Balaban J connectivity index is 2.17. The minimum atomic E-state index is -0.0544. The molecule has 0 spiro atoms. The lowest BCUT2D eigenvalue weighted by atomic mass is 9.96. The molecule has 3 rings (SSSR count). The molecule has 0 N–H and O–H groups in total. The highest BCUT2D eigenvalue weighted by atomic mass is 35.5. The number of halogens is 1. The van der Waals surface area contributed by atoms with Crippen LogP contribution in [0.3, 0.4) is 0 Å². The number of carbonyl (C=O) groups is 1. The van der Waals surface area contributed by atoms with Gasteiger partial charge in [0.25, 0.3) is 0 Å². The first kappa shape index (κ1) is 14.3. The van der Waals surface area contributed by atoms with Crippen molar-refractivity contribution in [2.24, 2.45) is 0 Å². The summed E-state index contributed by atoms with van der Waals surface area (Å²) < 4.78 is 0. The quantitative estimate of drug-likeness (QED) is 0.813. The van der Waals surface area contributed by atoms with E-state index in [4.69, 9.17) is 11.6 Å². The van der Waals surface area contributed by atoms with Crippen LogP contribution in [0.1, 0.15) is 38.7 Å². The van der Waals surface area contributed by atoms with Crippen LogP contribution in [-0.4, -0.2) is 28.3 Å². The zero-order valence-corrected chi connectivity index (χ0v) is 13.2. The maximum absolute atomic E-state index is 11.7. The largest absolute Gasteiger partial charge is 0.346 e. The summed E-state index contributed by atoms with van der Waals surface area (Å²) >= 11 is 6.05. The van der Waals surface area contributed by atoms with E-state index in [2.05, 4.69) is 28.7 Å². The van der Waals surface area contributed by atoms with Crippen LogP contribution >= 0.6 is 11.6 Å². The normalized spacial score (nSPS) is 18.1. The van der Waals surface area contributed by atoms with E-state index in [1.165, 1.54) is 0 Å². The second-order valence-electron chi connectivity index (χ2n) is 5.85. The van der Waals surface area contributed by atoms with E-state index < -0.39 is 0 Å². The zero-order chi connectivity index (χ0) is 15.1. The van der Waals surface area contributed by atoms with Gasteiger partial charge >= 0.3 is 0 Å². The summed E-state index contributed by atoms with van der Waals surface area (Å²) in [5.41, 5.74) is 1.15. The van der Waals surface area contributed by atoms with E-state index >= 15 is 0 Å². The van der Waals surface area contributed by atoms with Crippen LogP contribution in [0.2, 0.25) is 5.15 Å². The van der Waals surface area contributed by atoms with Gasteiger partial charge in [0.15, 0.2) is 5.78 Å². The molecule has 3 heterocycles. The van der Waals surface area contributed by atoms with Gasteiger partial charge in [-0.25, -0.2) is 9.97 Å². The highest BCUT2D eigenvalue weighted by Crippen LogP contribution is 2.35. The highest BCUT2D eigenvalue weighted by Gasteiger charge is 2.33. The van der Waals surface area contributed by atoms with E-state index in [1.807, 2.05) is 12.3 Å². The molecule has 0 radical (unpaired) electrons. The van der Waals surface area contributed by atoms with Crippen molar-refractivity contribution >= 4 is 34.0 Å². The molecule has 0 amide bonds. The molecule has 1 atom stereocenters. The number of aromatic nitrogens is 2. The number of fused-ring (bicyclic) bond motifs is 1. The molecule has 4 nitrogen and oxygen atoms in total. The van der Waals surface area contributed by atoms with Gasteiger partial charge in [-0.1, -0.05) is 25.4 Å². The van der Waals surface area contributed by atoms with Gasteiger partial charge in [-0.15, -0.1) is 0 Å². The minimum Gasteiger partial charge on any atom is -0.346 e. The summed E-state index contributed by atoms with van der Waals surface area (Å²) in [4.78, 5) is 22.5. The van der Waals surface area contributed by atoms with Gasteiger partial charge in [-0.05, 0) is 36.3 Å². The number of hydrogen-bond donors (Lipinski definition) is 0. The van der Waals surface area contributed by atoms with Crippen molar-refractivity contribution in [3.8, 4) is 0 Å². The molecular weight excluding hydrogens is 286 g/mol. The van der Waals surface area contributed by atoms with E-state index in [0.717, 1.165) is 35.1 Å². The van der Waals surface area contributed by atoms with Gasteiger partial charge in [0.2, 0.25) is 0 Å². The Kier molecular flexibility index (Phi) is 3.57. The number of hydrogen-bond acceptors (Lipinski definition) is 4. The average molecular weight is 304 g/mol. The Morgan fingerprint density at radius 1 is 1.33 bits per heavy atom. The predicted molar refractivity (Wildman–Crippen MR) is 85.1 cm³/mol. The molecule has 1 saturated heterocycles. The fourth-order valence-corrected chi connectivity index (χ4v) is 3.03. The predicted octanol–water partition coefficient (Wildman–Crippen LogP) is 3.57. The van der Waals surface area contributed by atoms with E-state index in [0.29, 0.717) is 11.1 Å². The molecule has 0 saturated carbocycles. The summed E-state index contributed by atoms with van der Waals surface area (Å²) in [7, 11) is 0. The van der Waals surface area contributed by atoms with Crippen molar-refractivity contribution in [1.82, 2.24) is 9.97 Å². The Bertz CT molecular complexity index is 714. The maximum Gasteiger partial charge on any atom is 0.152 e. The first-order valence-electron chi connectivity index (χ1n) is 7.20. The third-order valence-electron chi connectivity index (χ3n) is 4.13. The molecule has 0 unspecified atom stereocenters. The van der Waals surface area contributed by atoms with Crippen LogP contribution in [0.15, 0.2) is 18.5 Å². The lowest BCUT2D eigenvalue weighted by molar-refractivity contribution is -0.119. The molecule has 5 heteroatoms. The van der Waals surface area contributed by atoms with Gasteiger partial charge in [0, 0.05) is 24.3 Å². The molecule has 110 valence electrons. The third-order valence-corrected chi connectivity index (χ3v) is 4.34. The van der Waals surface area contributed by atoms with Gasteiger partial charge in [0.1, 0.15) is 11.0 Å². The van der Waals surface area contributed by atoms with Gasteiger partial charge in [-0.3, -0.25) is 4.79 Å². The summed E-state index contributed by atoms with van der Waals surface area (Å²) in [6.07, 6.45) is 4.56. The van der Waals surface area contributed by atoms with Crippen LogP contribution in [0.5, 0.6) is 0 Å². The Morgan fingerprint density at radius 3 is 2.67 bits per heavy atom. The first-order chi connectivity index (χ1) is 9.99. The van der Waals surface area contributed by atoms with Crippen LogP contribution in [0.25, 0.3) is 10.8 Å². The lowest BCUT2D eigenvalue weighted by Crippen LogP contribution is -2.52. The van der Waals surface area contributed by atoms with E-state index in [-0.39, 0.29) is 11.8 Å². The maximum atomic E-state index is 11.7. The first-order valence-corrected chi connectivity index (χ1v) is 7.58. The van der Waals surface area contributed by atoms with Gasteiger partial charge in [-0.2, -0.15) is 0 Å². The number of pyridine rings is 2. The van der Waals surface area contributed by atoms with Crippen molar-refractivity contribution in [3.05, 3.63) is 29.2 Å². The topological polar surface area (TPSA) is 46.1 Å². The summed E-state index contributed by atoms with van der Waals surface area (Å²) in [6.45, 7) is 6.76. The smallest absolute Gasteiger partial charge is 0.152 e. The van der Waals surface area contributed by atoms with Crippen molar-refractivity contribution in [3.63, 3.8) is 0 Å². The van der Waals surface area contributed by atoms with Crippen molar-refractivity contribution in [1.29, 1.82) is 0 Å². The zero-order valence-electron chi connectivity index (χ0n) is 12.4. The molecule has 0 aromatic carbocycles. The monoisotopic (exact) mass is 303 g/mol. The molecule has 0 bridgehead atoms. The fraction of sp³-hybridized carbons (Fsp3) is 0.438. The molecule has 1 fully saturated rings. The average Bonchev–Trinajstić information content (AvgIpc) is 2.36. The van der Waals surface area contributed by atoms with E-state index in [1.54, 1.807) is 13.1 Å². The number of ketones is 1. The third kappa shape index (κ3) is 2.38. The number of anilines is 1. The molecule has 1 aliphatic heterocycles. The Labute approximate surface area is 129 Å². The molecule has 2 aromatic rings. The summed E-state index contributed by atoms with van der Waals surface area (Å²) in [5, 5.41) is 2.52. The van der Waals surface area contributed by atoms with Crippen LogP contribution < -0.4 is 4.90 Å². The fourth-order valence-electron chi connectivity index (χ4n) is 2.87. The SMILES string of the molecule is CC(=O)[C@@H]1CCN1c1ncc(C(C)C)c2cc(Cl)ncc12. The van der Waals surface area contributed by atoms with Crippen LogP contribution in [-0.2, 0) is 4.79 Å². The lowest BCUT2D eigenvalue weighted by Gasteiger charge is -2.41. The molecular formula is C16H18ClN3O. The van der Waals surface area contributed by atoms with Crippen molar-refractivity contribution in [2.45, 2.75) is 39.2 Å². The highest BCUT2D eigenvalue weighted by molar-refractivity contribution is 6.30. The second-order valence-corrected chi connectivity index (χ2v) is 6.24. The van der Waals surface area contributed by atoms with Gasteiger partial charge < -0.3 is 4.90 Å². The molecule has 2 aromatic heterocycles. The van der Waals surface area contributed by atoms with Crippen molar-refractivity contribution < 1.29 is 4.79 Å². The Hall–Kier alpha value is -1.68. The molecule has 0 aliphatic carbocycles. The number of rotatable bonds is 3. The van der Waals surface area contributed by atoms with Gasteiger partial charge in [0.05, 0.1) is 6.04 Å². The number of nitrogens with zero attached hydrogens (tertiary/aromatic N) is 3. The van der Waals surface area contributed by atoms with Crippen LogP contribution in [0.4, 0.5) is 5.82 Å².